The van der Waals surface area contributed by atoms with Crippen molar-refractivity contribution in [2.24, 2.45) is 0 Å². The molecule has 0 saturated carbocycles. The number of rotatable bonds is 2. The quantitative estimate of drug-likeness (QED) is 0.578. The van der Waals surface area contributed by atoms with E-state index in [0.717, 1.165) is 20.6 Å². The highest BCUT2D eigenvalue weighted by Crippen LogP contribution is 2.34. The summed E-state index contributed by atoms with van der Waals surface area (Å²) in [6, 6.07) is 5.34. The number of anilines is 3. The van der Waals surface area contributed by atoms with Gasteiger partial charge < -0.3 is 17.2 Å². The largest absolute Gasteiger partial charge is 0.398 e. The van der Waals surface area contributed by atoms with E-state index in [-0.39, 0.29) is 0 Å². The van der Waals surface area contributed by atoms with Crippen molar-refractivity contribution < 1.29 is 0 Å². The minimum Gasteiger partial charge on any atom is -0.398 e. The molecule has 18 heavy (non-hydrogen) atoms. The van der Waals surface area contributed by atoms with E-state index >= 15 is 0 Å². The van der Waals surface area contributed by atoms with Crippen LogP contribution in [0.5, 0.6) is 0 Å². The van der Waals surface area contributed by atoms with Crippen molar-refractivity contribution in [2.75, 3.05) is 17.2 Å². The molecule has 0 atom stereocenters. The standard InChI is InChI=1S/C11H12BrN5S/c1-5-2-8(6(12)3-7(5)13)18-11-16-9(14)4-10(15)17-11/h2-4H,13H2,1H3,(H4,14,15,16,17). The third-order valence-electron chi connectivity index (χ3n) is 2.27. The molecule has 2 rings (SSSR count). The van der Waals surface area contributed by atoms with Crippen molar-refractivity contribution in [3.63, 3.8) is 0 Å². The summed E-state index contributed by atoms with van der Waals surface area (Å²) in [6.07, 6.45) is 0. The normalized spacial score (nSPS) is 10.6. The van der Waals surface area contributed by atoms with E-state index in [1.807, 2.05) is 19.1 Å². The highest BCUT2D eigenvalue weighted by atomic mass is 79.9. The number of halogens is 1. The maximum Gasteiger partial charge on any atom is 0.196 e. The topological polar surface area (TPSA) is 104 Å². The van der Waals surface area contributed by atoms with E-state index in [2.05, 4.69) is 25.9 Å². The Morgan fingerprint density at radius 1 is 1.06 bits per heavy atom. The molecule has 0 fully saturated rings. The molecular weight excluding hydrogens is 314 g/mol. The monoisotopic (exact) mass is 325 g/mol. The summed E-state index contributed by atoms with van der Waals surface area (Å²) >= 11 is 4.84. The first-order valence-corrected chi connectivity index (χ1v) is 6.70. The average molecular weight is 326 g/mol. The maximum atomic E-state index is 5.82. The van der Waals surface area contributed by atoms with E-state index in [0.29, 0.717) is 16.8 Å². The number of hydrogen-bond donors (Lipinski definition) is 3. The molecular formula is C11H12BrN5S. The van der Waals surface area contributed by atoms with Crippen LogP contribution in [0.1, 0.15) is 5.56 Å². The first kappa shape index (κ1) is 13.0. The fourth-order valence-corrected chi connectivity index (χ4v) is 2.85. The summed E-state index contributed by atoms with van der Waals surface area (Å²) in [5.41, 5.74) is 18.8. The number of nitrogens with two attached hydrogens (primary N) is 3. The van der Waals surface area contributed by atoms with Crippen LogP contribution < -0.4 is 17.2 Å². The van der Waals surface area contributed by atoms with Crippen molar-refractivity contribution in [1.29, 1.82) is 0 Å². The lowest BCUT2D eigenvalue weighted by Gasteiger charge is -2.08. The van der Waals surface area contributed by atoms with Gasteiger partial charge in [-0.15, -0.1) is 0 Å². The van der Waals surface area contributed by atoms with Crippen LogP contribution in [0.15, 0.2) is 32.7 Å². The summed E-state index contributed by atoms with van der Waals surface area (Å²) in [6.45, 7) is 1.94. The van der Waals surface area contributed by atoms with Crippen LogP contribution in [0.2, 0.25) is 0 Å². The number of aromatic nitrogens is 2. The van der Waals surface area contributed by atoms with E-state index in [9.17, 15) is 0 Å². The molecule has 1 aromatic carbocycles. The van der Waals surface area contributed by atoms with Gasteiger partial charge in [0.05, 0.1) is 0 Å². The van der Waals surface area contributed by atoms with Crippen molar-refractivity contribution >= 4 is 45.0 Å². The molecule has 7 heteroatoms. The minimum atomic E-state index is 0.355. The molecule has 1 aromatic heterocycles. The van der Waals surface area contributed by atoms with Gasteiger partial charge in [-0.2, -0.15) is 0 Å². The zero-order valence-electron chi connectivity index (χ0n) is 9.64. The Labute approximate surface area is 117 Å². The van der Waals surface area contributed by atoms with Crippen molar-refractivity contribution in [3.8, 4) is 0 Å². The molecule has 0 aliphatic rings. The highest BCUT2D eigenvalue weighted by Gasteiger charge is 2.08. The number of nitrogens with zero attached hydrogens (tertiary/aromatic N) is 2. The summed E-state index contributed by atoms with van der Waals surface area (Å²) in [4.78, 5) is 9.20. The average Bonchev–Trinajstić information content (AvgIpc) is 2.24. The molecule has 94 valence electrons. The van der Waals surface area contributed by atoms with Crippen LogP contribution in [0.25, 0.3) is 0 Å². The molecule has 5 nitrogen and oxygen atoms in total. The van der Waals surface area contributed by atoms with Gasteiger partial charge in [0.15, 0.2) is 5.16 Å². The van der Waals surface area contributed by atoms with Gasteiger partial charge in [0.1, 0.15) is 11.6 Å². The van der Waals surface area contributed by atoms with Gasteiger partial charge in [0.25, 0.3) is 0 Å². The molecule has 0 amide bonds. The number of aryl methyl sites for hydroxylation is 1. The predicted octanol–water partition coefficient (Wildman–Crippen LogP) is 2.45. The Balaban J connectivity index is 2.36. The van der Waals surface area contributed by atoms with Crippen molar-refractivity contribution in [3.05, 3.63) is 28.2 Å². The first-order chi connectivity index (χ1) is 8.45. The Hall–Kier alpha value is -1.47. The van der Waals surface area contributed by atoms with E-state index in [1.54, 1.807) is 0 Å². The predicted molar refractivity (Wildman–Crippen MR) is 78.3 cm³/mol. The van der Waals surface area contributed by atoms with Gasteiger partial charge in [0.2, 0.25) is 0 Å². The second kappa shape index (κ2) is 5.03. The highest BCUT2D eigenvalue weighted by molar-refractivity contribution is 9.10. The van der Waals surface area contributed by atoms with Gasteiger partial charge in [-0.25, -0.2) is 9.97 Å². The van der Waals surface area contributed by atoms with Crippen molar-refractivity contribution in [1.82, 2.24) is 9.97 Å². The summed E-state index contributed by atoms with van der Waals surface area (Å²) in [5, 5.41) is 0.511. The Kier molecular flexibility index (Phi) is 3.63. The smallest absolute Gasteiger partial charge is 0.196 e. The fraction of sp³-hybridized carbons (Fsp3) is 0.0909. The molecule has 0 spiro atoms. The van der Waals surface area contributed by atoms with Crippen molar-refractivity contribution in [2.45, 2.75) is 17.0 Å². The number of nitrogen functional groups attached to an aromatic ring is 3. The third kappa shape index (κ3) is 2.85. The Morgan fingerprint density at radius 2 is 1.67 bits per heavy atom. The van der Waals surface area contributed by atoms with Gasteiger partial charge >= 0.3 is 0 Å². The number of benzene rings is 1. The van der Waals surface area contributed by atoms with Gasteiger partial charge in [-0.3, -0.25) is 0 Å². The maximum absolute atomic E-state index is 5.82. The van der Waals surface area contributed by atoms with Crippen LogP contribution in [0.4, 0.5) is 17.3 Å². The SMILES string of the molecule is Cc1cc(Sc2nc(N)cc(N)n2)c(Br)cc1N. The van der Waals surface area contributed by atoms with Crippen LogP contribution in [-0.4, -0.2) is 9.97 Å². The molecule has 2 aromatic rings. The molecule has 0 aliphatic heterocycles. The molecule has 0 aliphatic carbocycles. The first-order valence-electron chi connectivity index (χ1n) is 5.09. The van der Waals surface area contributed by atoms with Crippen LogP contribution >= 0.6 is 27.7 Å². The van der Waals surface area contributed by atoms with Crippen LogP contribution in [-0.2, 0) is 0 Å². The lowest BCUT2D eigenvalue weighted by atomic mass is 10.2. The van der Waals surface area contributed by atoms with E-state index in [4.69, 9.17) is 17.2 Å². The summed E-state index contributed by atoms with van der Waals surface area (Å²) < 4.78 is 0.889. The molecule has 0 radical (unpaired) electrons. The zero-order valence-corrected chi connectivity index (χ0v) is 12.0. The molecule has 1 heterocycles. The zero-order chi connectivity index (χ0) is 13.3. The second-order valence-electron chi connectivity index (χ2n) is 3.74. The van der Waals surface area contributed by atoms with Crippen LogP contribution in [0.3, 0.4) is 0 Å². The second-order valence-corrected chi connectivity index (χ2v) is 5.60. The number of hydrogen-bond acceptors (Lipinski definition) is 6. The summed E-state index contributed by atoms with van der Waals surface area (Å²) in [5.74, 6) is 0.710. The van der Waals surface area contributed by atoms with Gasteiger partial charge in [0, 0.05) is 21.1 Å². The third-order valence-corrected chi connectivity index (χ3v) is 4.11. The van der Waals surface area contributed by atoms with E-state index < -0.39 is 0 Å². The lowest BCUT2D eigenvalue weighted by Crippen LogP contribution is -1.99. The molecule has 0 bridgehead atoms. The fourth-order valence-electron chi connectivity index (χ4n) is 1.35. The molecule has 6 N–H and O–H groups in total. The molecule has 0 saturated heterocycles. The Morgan fingerprint density at radius 3 is 2.28 bits per heavy atom. The van der Waals surface area contributed by atoms with Crippen LogP contribution in [0, 0.1) is 6.92 Å². The van der Waals surface area contributed by atoms with Gasteiger partial charge in [-0.1, -0.05) is 0 Å². The minimum absolute atomic E-state index is 0.355. The summed E-state index contributed by atoms with van der Waals surface area (Å²) in [7, 11) is 0. The van der Waals surface area contributed by atoms with E-state index in [1.165, 1.54) is 17.8 Å². The van der Waals surface area contributed by atoms with Gasteiger partial charge in [-0.05, 0) is 52.3 Å². The Bertz CT molecular complexity index is 582. The molecule has 0 unspecified atom stereocenters. The lowest BCUT2D eigenvalue weighted by molar-refractivity contribution is 0.984.